The van der Waals surface area contributed by atoms with Crippen LogP contribution >= 0.6 is 11.3 Å². The van der Waals surface area contributed by atoms with E-state index in [2.05, 4.69) is 19.2 Å². The van der Waals surface area contributed by atoms with E-state index >= 15 is 0 Å². The summed E-state index contributed by atoms with van der Waals surface area (Å²) in [6.45, 7) is 7.27. The number of carbonyl (C=O) groups excluding carboxylic acids is 1. The molecule has 1 fully saturated rings. The van der Waals surface area contributed by atoms with Crippen molar-refractivity contribution in [2.45, 2.75) is 32.1 Å². The Balaban J connectivity index is 1.48. The second kappa shape index (κ2) is 9.17. The van der Waals surface area contributed by atoms with Crippen LogP contribution in [0.3, 0.4) is 0 Å². The fraction of sp³-hybridized carbons (Fsp3) is 0.320. The van der Waals surface area contributed by atoms with Gasteiger partial charge in [0, 0.05) is 23.7 Å². The number of anilines is 1. The molecule has 1 saturated heterocycles. The van der Waals surface area contributed by atoms with Crippen LogP contribution in [-0.2, 0) is 10.0 Å². The number of hydrogen-bond donors (Lipinski definition) is 1. The van der Waals surface area contributed by atoms with E-state index in [9.17, 15) is 13.2 Å². The number of aryl methyl sites for hydroxylation is 1. The van der Waals surface area contributed by atoms with Crippen molar-refractivity contribution in [3.05, 3.63) is 71.1 Å². The fourth-order valence-electron chi connectivity index (χ4n) is 4.32. The van der Waals surface area contributed by atoms with E-state index in [-0.39, 0.29) is 10.8 Å². The van der Waals surface area contributed by atoms with Crippen molar-refractivity contribution in [3.8, 4) is 10.4 Å². The number of nitrogens with one attached hydrogen (secondary N) is 1. The van der Waals surface area contributed by atoms with Crippen molar-refractivity contribution in [2.75, 3.05) is 18.4 Å². The van der Waals surface area contributed by atoms with Crippen LogP contribution in [0.15, 0.2) is 65.6 Å². The highest BCUT2D eigenvalue weighted by Gasteiger charge is 2.31. The lowest BCUT2D eigenvalue weighted by molar-refractivity contribution is 0.103. The lowest BCUT2D eigenvalue weighted by Crippen LogP contribution is -2.42. The SMILES string of the molecule is Cc1cc(C(=O)Nc2ccc(S(=O)(=O)N3C[C@H](C)C[C@H](C)C3)cc2)sc1-c1ccccc1. The van der Waals surface area contributed by atoms with E-state index in [4.69, 9.17) is 0 Å². The summed E-state index contributed by atoms with van der Waals surface area (Å²) in [6, 6.07) is 18.3. The van der Waals surface area contributed by atoms with Crippen LogP contribution < -0.4 is 5.32 Å². The molecule has 1 aliphatic heterocycles. The molecule has 168 valence electrons. The van der Waals surface area contributed by atoms with Gasteiger partial charge in [-0.15, -0.1) is 11.3 Å². The lowest BCUT2D eigenvalue weighted by atomic mass is 9.94. The summed E-state index contributed by atoms with van der Waals surface area (Å²) in [5.41, 5.74) is 2.71. The highest BCUT2D eigenvalue weighted by Crippen LogP contribution is 2.33. The third-order valence-corrected chi connectivity index (χ3v) is 8.89. The molecular formula is C25H28N2O3S2. The summed E-state index contributed by atoms with van der Waals surface area (Å²) in [5, 5.41) is 2.89. The minimum atomic E-state index is -3.54. The van der Waals surface area contributed by atoms with Gasteiger partial charge in [0.2, 0.25) is 10.0 Å². The van der Waals surface area contributed by atoms with Crippen molar-refractivity contribution in [2.24, 2.45) is 11.8 Å². The number of benzene rings is 2. The molecule has 0 aliphatic carbocycles. The molecule has 3 aromatic rings. The van der Waals surface area contributed by atoms with Gasteiger partial charge in [-0.2, -0.15) is 4.31 Å². The quantitative estimate of drug-likeness (QED) is 0.527. The zero-order valence-electron chi connectivity index (χ0n) is 18.5. The van der Waals surface area contributed by atoms with Crippen molar-refractivity contribution < 1.29 is 13.2 Å². The summed E-state index contributed by atoms with van der Waals surface area (Å²) >= 11 is 1.45. The smallest absolute Gasteiger partial charge is 0.265 e. The van der Waals surface area contributed by atoms with Gasteiger partial charge in [-0.1, -0.05) is 44.2 Å². The number of thiophene rings is 1. The van der Waals surface area contributed by atoms with Crippen LogP contribution in [0.2, 0.25) is 0 Å². The van der Waals surface area contributed by atoms with Gasteiger partial charge in [-0.25, -0.2) is 8.42 Å². The molecular weight excluding hydrogens is 440 g/mol. The standard InChI is InChI=1S/C25H28N2O3S2/c1-17-13-18(2)16-27(15-17)32(29,30)22-11-9-21(10-12-22)26-25(28)23-14-19(3)24(31-23)20-7-5-4-6-8-20/h4-12,14,17-18H,13,15-16H2,1-3H3,(H,26,28)/t17-,18+. The maximum Gasteiger partial charge on any atom is 0.265 e. The van der Waals surface area contributed by atoms with E-state index in [0.29, 0.717) is 35.5 Å². The number of rotatable bonds is 5. The normalized spacial score (nSPS) is 19.6. The number of hydrogen-bond acceptors (Lipinski definition) is 4. The minimum Gasteiger partial charge on any atom is -0.321 e. The molecule has 7 heteroatoms. The zero-order chi connectivity index (χ0) is 22.9. The Bertz CT molecular complexity index is 1190. The number of amides is 1. The van der Waals surface area contributed by atoms with Gasteiger partial charge in [0.15, 0.2) is 0 Å². The number of piperidine rings is 1. The predicted octanol–water partition coefficient (Wildman–Crippen LogP) is 5.64. The summed E-state index contributed by atoms with van der Waals surface area (Å²) in [7, 11) is -3.54. The van der Waals surface area contributed by atoms with Crippen LogP contribution in [-0.4, -0.2) is 31.7 Å². The average Bonchev–Trinajstić information content (AvgIpc) is 3.16. The Morgan fingerprint density at radius 3 is 2.25 bits per heavy atom. The Morgan fingerprint density at radius 1 is 1.00 bits per heavy atom. The largest absolute Gasteiger partial charge is 0.321 e. The number of nitrogens with zero attached hydrogens (tertiary/aromatic N) is 1. The third kappa shape index (κ3) is 4.80. The highest BCUT2D eigenvalue weighted by molar-refractivity contribution is 7.89. The maximum atomic E-state index is 13.0. The summed E-state index contributed by atoms with van der Waals surface area (Å²) in [5.74, 6) is 0.499. The van der Waals surface area contributed by atoms with Crippen molar-refractivity contribution in [3.63, 3.8) is 0 Å². The van der Waals surface area contributed by atoms with Crippen molar-refractivity contribution in [1.29, 1.82) is 0 Å². The third-order valence-electron chi connectivity index (χ3n) is 5.76. The molecule has 0 bridgehead atoms. The first-order chi connectivity index (χ1) is 15.2. The van der Waals surface area contributed by atoms with Crippen LogP contribution in [0.5, 0.6) is 0 Å². The first-order valence-electron chi connectivity index (χ1n) is 10.8. The molecule has 0 spiro atoms. The molecule has 1 aromatic heterocycles. The zero-order valence-corrected chi connectivity index (χ0v) is 20.2. The molecule has 32 heavy (non-hydrogen) atoms. The Morgan fingerprint density at radius 2 is 1.62 bits per heavy atom. The predicted molar refractivity (Wildman–Crippen MR) is 131 cm³/mol. The number of sulfonamides is 1. The van der Waals surface area contributed by atoms with Crippen LogP contribution in [0.4, 0.5) is 5.69 Å². The second-order valence-electron chi connectivity index (χ2n) is 8.74. The van der Waals surface area contributed by atoms with Crippen molar-refractivity contribution >= 4 is 33.0 Å². The van der Waals surface area contributed by atoms with E-state index in [1.54, 1.807) is 28.6 Å². The maximum absolute atomic E-state index is 13.0. The number of carbonyl (C=O) groups is 1. The molecule has 1 N–H and O–H groups in total. The fourth-order valence-corrected chi connectivity index (χ4v) is 7.08. The van der Waals surface area contributed by atoms with E-state index < -0.39 is 10.0 Å². The molecule has 2 heterocycles. The van der Waals surface area contributed by atoms with Crippen LogP contribution in [0.1, 0.15) is 35.5 Å². The first-order valence-corrected chi connectivity index (χ1v) is 13.1. The van der Waals surface area contributed by atoms with Gasteiger partial charge in [0.05, 0.1) is 9.77 Å². The van der Waals surface area contributed by atoms with Gasteiger partial charge in [0.1, 0.15) is 0 Å². The first kappa shape index (κ1) is 22.7. The summed E-state index contributed by atoms with van der Waals surface area (Å²) in [4.78, 5) is 14.7. The molecule has 2 atom stereocenters. The highest BCUT2D eigenvalue weighted by atomic mass is 32.2. The Hall–Kier alpha value is -2.48. The van der Waals surface area contributed by atoms with E-state index in [1.165, 1.54) is 11.3 Å². The molecule has 2 aromatic carbocycles. The molecule has 4 rings (SSSR count). The molecule has 1 aliphatic rings. The minimum absolute atomic E-state index is 0.199. The molecule has 5 nitrogen and oxygen atoms in total. The molecule has 0 radical (unpaired) electrons. The van der Waals surface area contributed by atoms with Gasteiger partial charge in [-0.05, 0) is 66.6 Å². The molecule has 1 amide bonds. The summed E-state index contributed by atoms with van der Waals surface area (Å²) in [6.07, 6.45) is 1.05. The van der Waals surface area contributed by atoms with Gasteiger partial charge >= 0.3 is 0 Å². The summed E-state index contributed by atoms with van der Waals surface area (Å²) < 4.78 is 27.7. The molecule has 0 saturated carbocycles. The van der Waals surface area contributed by atoms with Gasteiger partial charge in [-0.3, -0.25) is 4.79 Å². The Kier molecular flexibility index (Phi) is 6.51. The monoisotopic (exact) mass is 468 g/mol. The Labute approximate surface area is 194 Å². The van der Waals surface area contributed by atoms with E-state index in [0.717, 1.165) is 22.4 Å². The topological polar surface area (TPSA) is 66.5 Å². The molecule has 0 unspecified atom stereocenters. The second-order valence-corrected chi connectivity index (χ2v) is 11.7. The van der Waals surface area contributed by atoms with E-state index in [1.807, 2.05) is 43.3 Å². The van der Waals surface area contributed by atoms with Crippen molar-refractivity contribution in [1.82, 2.24) is 4.31 Å². The van der Waals surface area contributed by atoms with Gasteiger partial charge in [0.25, 0.3) is 5.91 Å². The average molecular weight is 469 g/mol. The van der Waals surface area contributed by atoms with Gasteiger partial charge < -0.3 is 5.32 Å². The lowest BCUT2D eigenvalue weighted by Gasteiger charge is -2.34. The van der Waals surface area contributed by atoms with Crippen LogP contribution in [0, 0.1) is 18.8 Å². The van der Waals surface area contributed by atoms with Crippen LogP contribution in [0.25, 0.3) is 10.4 Å².